The van der Waals surface area contributed by atoms with E-state index in [2.05, 4.69) is 20.6 Å². The number of methoxy groups -OCH3 is 1. The number of hydrogen-bond acceptors (Lipinski definition) is 7. The van der Waals surface area contributed by atoms with Crippen LogP contribution in [-0.4, -0.2) is 57.6 Å². The van der Waals surface area contributed by atoms with Gasteiger partial charge in [-0.15, -0.1) is 0 Å². The zero-order valence-corrected chi connectivity index (χ0v) is 20.9. The summed E-state index contributed by atoms with van der Waals surface area (Å²) in [6, 6.07) is 12.1. The molecule has 0 bridgehead atoms. The van der Waals surface area contributed by atoms with Gasteiger partial charge in [-0.1, -0.05) is 24.3 Å². The van der Waals surface area contributed by atoms with Gasteiger partial charge in [0, 0.05) is 37.1 Å². The second-order valence-corrected chi connectivity index (χ2v) is 8.74. The number of aromatic nitrogens is 4. The predicted octanol–water partition coefficient (Wildman–Crippen LogP) is 4.03. The number of anilines is 1. The van der Waals surface area contributed by atoms with Gasteiger partial charge in [-0.2, -0.15) is 10.2 Å². The molecular formula is C26H25F2N7O3. The van der Waals surface area contributed by atoms with Gasteiger partial charge in [-0.25, -0.2) is 28.2 Å². The molecule has 2 N–H and O–H groups in total. The van der Waals surface area contributed by atoms with Crippen LogP contribution in [0.4, 0.5) is 19.4 Å². The second-order valence-electron chi connectivity index (χ2n) is 8.74. The highest BCUT2D eigenvalue weighted by molar-refractivity contribution is 5.91. The minimum Gasteiger partial charge on any atom is -0.467 e. The summed E-state index contributed by atoms with van der Waals surface area (Å²) in [5.41, 5.74) is 3.05. The first kappa shape index (κ1) is 25.2. The number of likely N-dealkylation sites (N-methyl/N-ethyl adjacent to an activating group) is 1. The van der Waals surface area contributed by atoms with Crippen LogP contribution in [0.3, 0.4) is 0 Å². The summed E-state index contributed by atoms with van der Waals surface area (Å²) in [6.07, 6.45) is 2.49. The summed E-state index contributed by atoms with van der Waals surface area (Å²) in [4.78, 5) is 27.3. The van der Waals surface area contributed by atoms with Gasteiger partial charge in [-0.3, -0.25) is 10.2 Å². The Morgan fingerprint density at radius 2 is 1.84 bits per heavy atom. The highest BCUT2D eigenvalue weighted by Gasteiger charge is 2.35. The molecule has 1 aliphatic rings. The molecule has 2 aromatic carbocycles. The lowest BCUT2D eigenvalue weighted by Crippen LogP contribution is -2.42. The van der Waals surface area contributed by atoms with Crippen LogP contribution in [0.2, 0.25) is 0 Å². The van der Waals surface area contributed by atoms with Crippen molar-refractivity contribution in [2.75, 3.05) is 26.0 Å². The molecule has 196 valence electrons. The Balaban J connectivity index is 1.43. The Hall–Kier alpha value is -4.42. The van der Waals surface area contributed by atoms with Crippen LogP contribution in [0.1, 0.15) is 17.2 Å². The lowest BCUT2D eigenvalue weighted by Gasteiger charge is -2.19. The van der Waals surface area contributed by atoms with E-state index in [9.17, 15) is 13.6 Å². The first-order chi connectivity index (χ1) is 18.3. The molecule has 4 aromatic rings. The number of carbonyl (C=O) groups excluding carboxylic acids is 1. The molecule has 1 aliphatic heterocycles. The number of amides is 2. The number of rotatable bonds is 6. The van der Waals surface area contributed by atoms with Crippen molar-refractivity contribution < 1.29 is 23.1 Å². The summed E-state index contributed by atoms with van der Waals surface area (Å²) in [5.74, 6) is -1.50. The molecule has 2 amide bonds. The molecule has 1 fully saturated rings. The van der Waals surface area contributed by atoms with Gasteiger partial charge in [0.2, 0.25) is 0 Å². The summed E-state index contributed by atoms with van der Waals surface area (Å²) in [5, 5.41) is 12.1. The van der Waals surface area contributed by atoms with Crippen LogP contribution in [0, 0.1) is 18.6 Å². The smallest absolute Gasteiger partial charge is 0.320 e. The first-order valence-corrected chi connectivity index (χ1v) is 11.8. The number of hydrogen-bond donors (Lipinski definition) is 2. The molecule has 0 spiro atoms. The molecule has 2 atom stereocenters. The second kappa shape index (κ2) is 10.5. The minimum atomic E-state index is -0.985. The van der Waals surface area contributed by atoms with Crippen molar-refractivity contribution in [2.24, 2.45) is 0 Å². The van der Waals surface area contributed by atoms with E-state index < -0.39 is 29.8 Å². The van der Waals surface area contributed by atoms with Gasteiger partial charge in [0.25, 0.3) is 0 Å². The van der Waals surface area contributed by atoms with Gasteiger partial charge in [0.15, 0.2) is 11.6 Å². The Bertz CT molecular complexity index is 1450. The SMILES string of the molecule is COc1ncc(-c2nn(-c3ccccc3)c(NC(=O)N[C@@H]3CN(C)O[C@H]3c3ccc(F)c(F)c3)c2C)cn1. The number of nitrogens with one attached hydrogen (secondary N) is 2. The minimum absolute atomic E-state index is 0.228. The number of urea groups is 1. The number of nitrogens with zero attached hydrogens (tertiary/aromatic N) is 5. The lowest BCUT2D eigenvalue weighted by atomic mass is 10.0. The summed E-state index contributed by atoms with van der Waals surface area (Å²) < 4.78 is 34.0. The highest BCUT2D eigenvalue weighted by atomic mass is 19.2. The van der Waals surface area contributed by atoms with E-state index in [4.69, 9.17) is 14.7 Å². The van der Waals surface area contributed by atoms with Crippen molar-refractivity contribution >= 4 is 11.8 Å². The molecule has 0 aliphatic carbocycles. The molecule has 38 heavy (non-hydrogen) atoms. The topological polar surface area (TPSA) is 106 Å². The molecule has 0 unspecified atom stereocenters. The number of halogens is 2. The van der Waals surface area contributed by atoms with Crippen molar-refractivity contribution in [3.63, 3.8) is 0 Å². The Labute approximate surface area is 217 Å². The number of hydroxylamine groups is 2. The fourth-order valence-corrected chi connectivity index (χ4v) is 4.32. The molecule has 5 rings (SSSR count). The van der Waals surface area contributed by atoms with E-state index in [-0.39, 0.29) is 6.01 Å². The molecular weight excluding hydrogens is 496 g/mol. The van der Waals surface area contributed by atoms with Crippen LogP contribution in [0.25, 0.3) is 16.9 Å². The third-order valence-electron chi connectivity index (χ3n) is 6.14. The summed E-state index contributed by atoms with van der Waals surface area (Å²) in [7, 11) is 3.18. The molecule has 2 aromatic heterocycles. The van der Waals surface area contributed by atoms with Crippen LogP contribution in [0.15, 0.2) is 60.9 Å². The van der Waals surface area contributed by atoms with Crippen molar-refractivity contribution in [1.29, 1.82) is 0 Å². The van der Waals surface area contributed by atoms with E-state index in [0.717, 1.165) is 17.8 Å². The average Bonchev–Trinajstić information content (AvgIpc) is 3.45. The van der Waals surface area contributed by atoms with Gasteiger partial charge in [-0.05, 0) is 36.8 Å². The molecule has 10 nitrogen and oxygen atoms in total. The third-order valence-corrected chi connectivity index (χ3v) is 6.14. The van der Waals surface area contributed by atoms with E-state index in [0.29, 0.717) is 34.7 Å². The van der Waals surface area contributed by atoms with E-state index in [1.807, 2.05) is 37.3 Å². The van der Waals surface area contributed by atoms with Crippen LogP contribution in [0.5, 0.6) is 6.01 Å². The van der Waals surface area contributed by atoms with Crippen molar-refractivity contribution in [2.45, 2.75) is 19.1 Å². The third kappa shape index (κ3) is 5.04. The lowest BCUT2D eigenvalue weighted by molar-refractivity contribution is -0.129. The van der Waals surface area contributed by atoms with Crippen molar-refractivity contribution in [3.8, 4) is 23.0 Å². The van der Waals surface area contributed by atoms with E-state index in [1.165, 1.54) is 18.2 Å². The predicted molar refractivity (Wildman–Crippen MR) is 135 cm³/mol. The van der Waals surface area contributed by atoms with Crippen LogP contribution in [-0.2, 0) is 4.84 Å². The molecule has 12 heteroatoms. The van der Waals surface area contributed by atoms with E-state index in [1.54, 1.807) is 24.1 Å². The van der Waals surface area contributed by atoms with Gasteiger partial charge >= 0.3 is 12.0 Å². The quantitative estimate of drug-likeness (QED) is 0.395. The largest absolute Gasteiger partial charge is 0.467 e. The standard InChI is InChI=1S/C26H25F2N7O3/c1-15-22(17-12-29-26(37-3)30-13-17)33-35(18-7-5-4-6-8-18)24(15)32-25(36)31-21-14-34(2)38-23(21)16-9-10-19(27)20(28)11-16/h4-13,21,23H,14H2,1-3H3,(H2,31,32,36)/t21-,23+/m1/s1. The molecule has 3 heterocycles. The summed E-state index contributed by atoms with van der Waals surface area (Å²) >= 11 is 0. The van der Waals surface area contributed by atoms with Crippen LogP contribution < -0.4 is 15.4 Å². The fourth-order valence-electron chi connectivity index (χ4n) is 4.32. The number of carbonyl (C=O) groups is 1. The monoisotopic (exact) mass is 521 g/mol. The number of benzene rings is 2. The highest BCUT2D eigenvalue weighted by Crippen LogP contribution is 2.32. The van der Waals surface area contributed by atoms with E-state index >= 15 is 0 Å². The van der Waals surface area contributed by atoms with Gasteiger partial charge in [0.1, 0.15) is 17.6 Å². The number of para-hydroxylation sites is 1. The van der Waals surface area contributed by atoms with Gasteiger partial charge < -0.3 is 10.1 Å². The van der Waals surface area contributed by atoms with Crippen LogP contribution >= 0.6 is 0 Å². The Kier molecular flexibility index (Phi) is 6.99. The maximum absolute atomic E-state index is 13.9. The van der Waals surface area contributed by atoms with Crippen molar-refractivity contribution in [1.82, 2.24) is 30.1 Å². The average molecular weight is 522 g/mol. The normalized spacial score (nSPS) is 17.4. The van der Waals surface area contributed by atoms with Gasteiger partial charge in [0.05, 0.1) is 18.8 Å². The zero-order chi connectivity index (χ0) is 26.8. The number of ether oxygens (including phenoxy) is 1. The fraction of sp³-hybridized carbons (Fsp3) is 0.231. The maximum atomic E-state index is 13.9. The maximum Gasteiger partial charge on any atom is 0.320 e. The Morgan fingerprint density at radius 1 is 1.11 bits per heavy atom. The Morgan fingerprint density at radius 3 is 2.53 bits per heavy atom. The molecule has 1 saturated heterocycles. The first-order valence-electron chi connectivity index (χ1n) is 11.8. The molecule has 0 radical (unpaired) electrons. The zero-order valence-electron chi connectivity index (χ0n) is 20.9. The van der Waals surface area contributed by atoms with Crippen molar-refractivity contribution in [3.05, 3.63) is 83.7 Å². The summed E-state index contributed by atoms with van der Waals surface area (Å²) in [6.45, 7) is 2.17. The molecule has 0 saturated carbocycles.